The third kappa shape index (κ3) is 6.61. The Morgan fingerprint density at radius 1 is 0.848 bits per heavy atom. The highest BCUT2D eigenvalue weighted by Gasteiger charge is 2.01. The molecule has 1 heterocycles. The maximum Gasteiger partial charge on any atom is 0.221 e. The van der Waals surface area contributed by atoms with Crippen molar-refractivity contribution in [1.29, 1.82) is 0 Å². The van der Waals surface area contributed by atoms with Gasteiger partial charge in [-0.3, -0.25) is 0 Å². The molecule has 0 unspecified atom stereocenters. The van der Waals surface area contributed by atoms with Crippen LogP contribution < -0.4 is 19.9 Å². The Morgan fingerprint density at radius 2 is 1.55 bits per heavy atom. The molecule has 0 saturated carbocycles. The quantitative estimate of drug-likeness (QED) is 0.284. The predicted octanol–water partition coefficient (Wildman–Crippen LogP) is 4.69. The summed E-state index contributed by atoms with van der Waals surface area (Å²) in [6, 6.07) is 25.3. The van der Waals surface area contributed by atoms with Crippen LogP contribution in [0.25, 0.3) is 0 Å². The molecule has 0 bridgehead atoms. The number of aromatic nitrogens is 2. The first-order chi connectivity index (χ1) is 16.2. The maximum atomic E-state index is 5.80. The molecule has 2 N–H and O–H groups in total. The normalized spacial score (nSPS) is 10.9. The Bertz CT molecular complexity index is 1190. The highest BCUT2D eigenvalue weighted by atomic mass is 16.5. The predicted molar refractivity (Wildman–Crippen MR) is 129 cm³/mol. The van der Waals surface area contributed by atoms with Gasteiger partial charge >= 0.3 is 0 Å². The Morgan fingerprint density at radius 3 is 2.24 bits per heavy atom. The second-order valence-electron chi connectivity index (χ2n) is 7.34. The van der Waals surface area contributed by atoms with Crippen molar-refractivity contribution < 1.29 is 14.2 Å². The van der Waals surface area contributed by atoms with Gasteiger partial charge in [0.05, 0.1) is 18.1 Å². The fourth-order valence-corrected chi connectivity index (χ4v) is 3.10. The van der Waals surface area contributed by atoms with E-state index < -0.39 is 0 Å². The monoisotopic (exact) mass is 442 g/mol. The minimum atomic E-state index is 0.351. The van der Waals surface area contributed by atoms with Gasteiger partial charge in [0.25, 0.3) is 0 Å². The molecule has 4 aromatic rings. The van der Waals surface area contributed by atoms with E-state index in [-0.39, 0.29) is 0 Å². The lowest BCUT2D eigenvalue weighted by molar-refractivity contribution is 0.217. The summed E-state index contributed by atoms with van der Waals surface area (Å²) in [5, 5.41) is 4.33. The van der Waals surface area contributed by atoms with Crippen LogP contribution in [0.3, 0.4) is 0 Å². The summed E-state index contributed by atoms with van der Waals surface area (Å²) < 4.78 is 18.9. The Hall–Kier alpha value is -4.26. The van der Waals surface area contributed by atoms with Crippen LogP contribution in [-0.4, -0.2) is 29.1 Å². The number of aryl methyl sites for hydroxylation is 1. The van der Waals surface area contributed by atoms with Gasteiger partial charge in [-0.25, -0.2) is 9.66 Å². The van der Waals surface area contributed by atoms with Crippen molar-refractivity contribution >= 4 is 12.2 Å². The number of rotatable bonds is 10. The molecule has 0 saturated heterocycles. The number of nitrogen functional groups attached to an aromatic ring is 1. The number of hydrogen-bond donors (Lipinski definition) is 1. The van der Waals surface area contributed by atoms with Crippen LogP contribution >= 0.6 is 0 Å². The van der Waals surface area contributed by atoms with Gasteiger partial charge in [0.1, 0.15) is 37.1 Å². The first kappa shape index (κ1) is 22.0. The summed E-state index contributed by atoms with van der Waals surface area (Å²) >= 11 is 0. The van der Waals surface area contributed by atoms with Crippen molar-refractivity contribution in [1.82, 2.24) is 9.66 Å². The third-order valence-electron chi connectivity index (χ3n) is 4.72. The summed E-state index contributed by atoms with van der Waals surface area (Å²) in [6.07, 6.45) is 3.48. The summed E-state index contributed by atoms with van der Waals surface area (Å²) in [7, 11) is 0. The lowest BCUT2D eigenvalue weighted by Gasteiger charge is -2.10. The molecule has 7 heteroatoms. The number of nitrogens with zero attached hydrogens (tertiary/aromatic N) is 3. The smallest absolute Gasteiger partial charge is 0.221 e. The van der Waals surface area contributed by atoms with Crippen LogP contribution in [0.5, 0.6) is 17.2 Å². The molecule has 7 nitrogen and oxygen atoms in total. The van der Waals surface area contributed by atoms with Crippen LogP contribution in [-0.2, 0) is 6.61 Å². The minimum Gasteiger partial charge on any atom is -0.490 e. The Kier molecular flexibility index (Phi) is 7.22. The lowest BCUT2D eigenvalue weighted by atomic mass is 10.2. The van der Waals surface area contributed by atoms with E-state index in [0.29, 0.717) is 25.8 Å². The van der Waals surface area contributed by atoms with Crippen LogP contribution in [0.15, 0.2) is 90.2 Å². The number of nitrogens with two attached hydrogens (primary N) is 1. The largest absolute Gasteiger partial charge is 0.490 e. The van der Waals surface area contributed by atoms with Gasteiger partial charge < -0.3 is 19.9 Å². The molecule has 0 aliphatic heterocycles. The molecule has 0 radical (unpaired) electrons. The first-order valence-electron chi connectivity index (χ1n) is 10.6. The highest BCUT2D eigenvalue weighted by molar-refractivity contribution is 5.80. The van der Waals surface area contributed by atoms with Gasteiger partial charge in [0.15, 0.2) is 0 Å². The van der Waals surface area contributed by atoms with Crippen LogP contribution in [0.4, 0.5) is 5.95 Å². The Balaban J connectivity index is 1.21. The average Bonchev–Trinajstić information content (AvgIpc) is 3.17. The van der Waals surface area contributed by atoms with Crippen molar-refractivity contribution in [2.45, 2.75) is 13.5 Å². The van der Waals surface area contributed by atoms with Gasteiger partial charge in [-0.05, 0) is 54.4 Å². The number of benzene rings is 3. The van der Waals surface area contributed by atoms with Gasteiger partial charge in [-0.1, -0.05) is 42.5 Å². The van der Waals surface area contributed by atoms with Crippen molar-refractivity contribution in [3.8, 4) is 17.2 Å². The van der Waals surface area contributed by atoms with Gasteiger partial charge in [0.2, 0.25) is 5.95 Å². The van der Waals surface area contributed by atoms with Crippen LogP contribution in [0.2, 0.25) is 0 Å². The zero-order chi connectivity index (χ0) is 22.9. The zero-order valence-electron chi connectivity index (χ0n) is 18.4. The lowest BCUT2D eigenvalue weighted by Crippen LogP contribution is -2.09. The third-order valence-corrected chi connectivity index (χ3v) is 4.72. The molecule has 3 aromatic carbocycles. The molecule has 1 aromatic heterocycles. The molecular formula is C26H26N4O3. The molecule has 0 atom stereocenters. The molecule has 0 spiro atoms. The van der Waals surface area contributed by atoms with E-state index in [4.69, 9.17) is 19.9 Å². The summed E-state index contributed by atoms with van der Waals surface area (Å²) in [5.74, 6) is 2.65. The zero-order valence-corrected chi connectivity index (χ0v) is 18.4. The van der Waals surface area contributed by atoms with E-state index in [1.807, 2.05) is 85.8 Å². The molecule has 0 aliphatic rings. The molecular weight excluding hydrogens is 416 g/mol. The van der Waals surface area contributed by atoms with Crippen LogP contribution in [0.1, 0.15) is 16.8 Å². The molecule has 0 fully saturated rings. The highest BCUT2D eigenvalue weighted by Crippen LogP contribution is 2.19. The number of ether oxygens (including phenoxy) is 3. The fraction of sp³-hybridized carbons (Fsp3) is 0.154. The van der Waals surface area contributed by atoms with E-state index in [1.54, 1.807) is 12.4 Å². The molecule has 0 amide bonds. The van der Waals surface area contributed by atoms with E-state index in [1.165, 1.54) is 4.68 Å². The van der Waals surface area contributed by atoms with E-state index in [0.717, 1.165) is 34.1 Å². The summed E-state index contributed by atoms with van der Waals surface area (Å²) in [6.45, 7) is 3.25. The van der Waals surface area contributed by atoms with Crippen molar-refractivity contribution in [2.24, 2.45) is 5.10 Å². The van der Waals surface area contributed by atoms with Crippen molar-refractivity contribution in [3.05, 3.63) is 102 Å². The van der Waals surface area contributed by atoms with Crippen LogP contribution in [0, 0.1) is 6.92 Å². The van der Waals surface area contributed by atoms with E-state index >= 15 is 0 Å². The molecule has 33 heavy (non-hydrogen) atoms. The van der Waals surface area contributed by atoms with Crippen molar-refractivity contribution in [3.63, 3.8) is 0 Å². The summed E-state index contributed by atoms with van der Waals surface area (Å²) in [5.41, 5.74) is 8.64. The number of anilines is 1. The van der Waals surface area contributed by atoms with Crippen molar-refractivity contribution in [2.75, 3.05) is 18.9 Å². The minimum absolute atomic E-state index is 0.351. The first-order valence-corrected chi connectivity index (χ1v) is 10.6. The fourth-order valence-electron chi connectivity index (χ4n) is 3.10. The molecule has 4 rings (SSSR count). The van der Waals surface area contributed by atoms with E-state index in [2.05, 4.69) is 10.1 Å². The van der Waals surface area contributed by atoms with E-state index in [9.17, 15) is 0 Å². The topological polar surface area (TPSA) is 83.9 Å². The van der Waals surface area contributed by atoms with Gasteiger partial charge in [0, 0.05) is 0 Å². The number of imidazole rings is 1. The second kappa shape index (κ2) is 10.9. The van der Waals surface area contributed by atoms with Gasteiger partial charge in [-0.15, -0.1) is 0 Å². The second-order valence-corrected chi connectivity index (χ2v) is 7.34. The maximum absolute atomic E-state index is 5.80. The molecule has 0 aliphatic carbocycles. The standard InChI is InChI=1S/C26H26N4O3/c1-20-18-30(26(27)29-20)28-17-22-8-5-9-25(16-22)32-15-14-31-23-10-12-24(13-11-23)33-19-21-6-3-2-4-7-21/h2-13,16-18H,14-15,19H2,1H3,(H2,27,29). The molecule has 168 valence electrons. The SMILES string of the molecule is Cc1cn(N=Cc2cccc(OCCOc3ccc(OCc4ccccc4)cc3)c2)c(N)n1. The number of hydrogen-bond acceptors (Lipinski definition) is 6. The average molecular weight is 443 g/mol. The Labute approximate surface area is 193 Å². The summed E-state index contributed by atoms with van der Waals surface area (Å²) in [4.78, 5) is 4.12. The van der Waals surface area contributed by atoms with Gasteiger partial charge in [-0.2, -0.15) is 5.10 Å².